The van der Waals surface area contributed by atoms with Gasteiger partial charge in [0.1, 0.15) is 0 Å². The second-order valence-electron chi connectivity index (χ2n) is 5.66. The van der Waals surface area contributed by atoms with Gasteiger partial charge in [0.25, 0.3) is 5.91 Å². The number of amides is 1. The number of carbonyl (C=O) groups is 1. The summed E-state index contributed by atoms with van der Waals surface area (Å²) in [5.74, 6) is 1.51. The third-order valence-electron chi connectivity index (χ3n) is 3.84. The SMILES string of the molecule is COc1ccc(CNc2ncc(C(=O)Nc3ccccc3)cn2)cc1OC. The Morgan fingerprint density at radius 2 is 1.67 bits per heavy atom. The predicted molar refractivity (Wildman–Crippen MR) is 103 cm³/mol. The molecular weight excluding hydrogens is 344 g/mol. The van der Waals surface area contributed by atoms with Crippen LogP contribution >= 0.6 is 0 Å². The molecule has 0 spiro atoms. The largest absolute Gasteiger partial charge is 0.493 e. The zero-order chi connectivity index (χ0) is 19.1. The fraction of sp³-hybridized carbons (Fsp3) is 0.150. The number of ether oxygens (including phenoxy) is 2. The van der Waals surface area contributed by atoms with E-state index in [0.717, 1.165) is 11.3 Å². The van der Waals surface area contributed by atoms with Crippen LogP contribution in [0.1, 0.15) is 15.9 Å². The molecule has 0 saturated heterocycles. The highest BCUT2D eigenvalue weighted by Gasteiger charge is 2.08. The number of nitrogens with zero attached hydrogens (tertiary/aromatic N) is 2. The van der Waals surface area contributed by atoms with E-state index in [0.29, 0.717) is 29.6 Å². The molecule has 0 aliphatic carbocycles. The predicted octanol–water partition coefficient (Wildman–Crippen LogP) is 3.36. The lowest BCUT2D eigenvalue weighted by molar-refractivity contribution is 0.102. The van der Waals surface area contributed by atoms with E-state index in [1.165, 1.54) is 12.4 Å². The lowest BCUT2D eigenvalue weighted by atomic mass is 10.2. The van der Waals surface area contributed by atoms with Crippen LogP contribution in [0.5, 0.6) is 11.5 Å². The summed E-state index contributed by atoms with van der Waals surface area (Å²) in [6.45, 7) is 0.510. The Hall–Kier alpha value is -3.61. The van der Waals surface area contributed by atoms with E-state index in [1.54, 1.807) is 14.2 Å². The van der Waals surface area contributed by atoms with Crippen LogP contribution in [0, 0.1) is 0 Å². The summed E-state index contributed by atoms with van der Waals surface area (Å²) < 4.78 is 10.5. The summed E-state index contributed by atoms with van der Waals surface area (Å²) in [6, 6.07) is 14.9. The summed E-state index contributed by atoms with van der Waals surface area (Å²) in [5.41, 5.74) is 2.09. The Morgan fingerprint density at radius 1 is 0.963 bits per heavy atom. The van der Waals surface area contributed by atoms with Crippen LogP contribution in [0.15, 0.2) is 60.9 Å². The summed E-state index contributed by atoms with van der Waals surface area (Å²) >= 11 is 0. The van der Waals surface area contributed by atoms with E-state index in [1.807, 2.05) is 48.5 Å². The van der Waals surface area contributed by atoms with Gasteiger partial charge >= 0.3 is 0 Å². The lowest BCUT2D eigenvalue weighted by Gasteiger charge is -2.10. The van der Waals surface area contributed by atoms with Gasteiger partial charge in [-0.05, 0) is 29.8 Å². The molecule has 2 N–H and O–H groups in total. The molecule has 3 rings (SSSR count). The maximum Gasteiger partial charge on any atom is 0.258 e. The monoisotopic (exact) mass is 364 g/mol. The topological polar surface area (TPSA) is 85.4 Å². The minimum Gasteiger partial charge on any atom is -0.493 e. The summed E-state index contributed by atoms with van der Waals surface area (Å²) in [6.07, 6.45) is 2.98. The van der Waals surface area contributed by atoms with Crippen molar-refractivity contribution in [1.82, 2.24) is 9.97 Å². The van der Waals surface area contributed by atoms with E-state index in [-0.39, 0.29) is 5.91 Å². The molecule has 0 unspecified atom stereocenters. The molecule has 0 saturated carbocycles. The Kier molecular flexibility index (Phi) is 5.84. The van der Waals surface area contributed by atoms with Crippen molar-refractivity contribution < 1.29 is 14.3 Å². The van der Waals surface area contributed by atoms with Crippen molar-refractivity contribution in [2.24, 2.45) is 0 Å². The van der Waals surface area contributed by atoms with Crippen molar-refractivity contribution in [2.75, 3.05) is 24.9 Å². The van der Waals surface area contributed by atoms with Gasteiger partial charge in [0, 0.05) is 24.6 Å². The zero-order valence-electron chi connectivity index (χ0n) is 15.1. The highest BCUT2D eigenvalue weighted by molar-refractivity contribution is 6.03. The Balaban J connectivity index is 1.60. The zero-order valence-corrected chi connectivity index (χ0v) is 15.1. The summed E-state index contributed by atoms with van der Waals surface area (Å²) in [4.78, 5) is 20.6. The van der Waals surface area contributed by atoms with Crippen LogP contribution in [-0.4, -0.2) is 30.1 Å². The van der Waals surface area contributed by atoms with Gasteiger partial charge in [-0.25, -0.2) is 9.97 Å². The first-order valence-corrected chi connectivity index (χ1v) is 8.33. The normalized spacial score (nSPS) is 10.1. The number of para-hydroxylation sites is 1. The van der Waals surface area contributed by atoms with Gasteiger partial charge in [0.05, 0.1) is 19.8 Å². The molecular formula is C20H20N4O3. The third kappa shape index (κ3) is 4.72. The van der Waals surface area contributed by atoms with E-state index in [4.69, 9.17) is 9.47 Å². The second-order valence-corrected chi connectivity index (χ2v) is 5.66. The van der Waals surface area contributed by atoms with E-state index < -0.39 is 0 Å². The van der Waals surface area contributed by atoms with Crippen LogP contribution in [0.2, 0.25) is 0 Å². The number of anilines is 2. The number of methoxy groups -OCH3 is 2. The molecule has 0 aliphatic rings. The molecule has 27 heavy (non-hydrogen) atoms. The number of nitrogens with one attached hydrogen (secondary N) is 2. The first-order chi connectivity index (χ1) is 13.2. The highest BCUT2D eigenvalue weighted by atomic mass is 16.5. The molecule has 0 atom stereocenters. The number of rotatable bonds is 7. The molecule has 1 aromatic heterocycles. The van der Waals surface area contributed by atoms with Crippen molar-refractivity contribution in [3.63, 3.8) is 0 Å². The standard InChI is InChI=1S/C20H20N4O3/c1-26-17-9-8-14(10-18(17)27-2)11-21-20-22-12-15(13-23-20)19(25)24-16-6-4-3-5-7-16/h3-10,12-13H,11H2,1-2H3,(H,24,25)(H,21,22,23). The van der Waals surface area contributed by atoms with Crippen molar-refractivity contribution in [3.8, 4) is 11.5 Å². The Morgan fingerprint density at radius 3 is 2.33 bits per heavy atom. The van der Waals surface area contributed by atoms with Gasteiger partial charge in [0.15, 0.2) is 11.5 Å². The molecule has 0 aliphatic heterocycles. The van der Waals surface area contributed by atoms with Crippen molar-refractivity contribution in [2.45, 2.75) is 6.54 Å². The quantitative estimate of drug-likeness (QED) is 0.669. The van der Waals surface area contributed by atoms with Crippen LogP contribution in [0.25, 0.3) is 0 Å². The van der Waals surface area contributed by atoms with Crippen molar-refractivity contribution >= 4 is 17.5 Å². The van der Waals surface area contributed by atoms with Gasteiger partial charge in [-0.15, -0.1) is 0 Å². The maximum atomic E-state index is 12.2. The second kappa shape index (κ2) is 8.66. The molecule has 7 nitrogen and oxygen atoms in total. The average molecular weight is 364 g/mol. The molecule has 0 radical (unpaired) electrons. The van der Waals surface area contributed by atoms with Gasteiger partial charge in [-0.3, -0.25) is 4.79 Å². The number of aromatic nitrogens is 2. The fourth-order valence-corrected chi connectivity index (χ4v) is 2.43. The molecule has 0 bridgehead atoms. The van der Waals surface area contributed by atoms with Gasteiger partial charge < -0.3 is 20.1 Å². The molecule has 2 aromatic carbocycles. The molecule has 138 valence electrons. The molecule has 7 heteroatoms. The van der Waals surface area contributed by atoms with Crippen molar-refractivity contribution in [1.29, 1.82) is 0 Å². The molecule has 0 fully saturated rings. The summed E-state index contributed by atoms with van der Waals surface area (Å²) in [7, 11) is 3.19. The van der Waals surface area contributed by atoms with E-state index in [9.17, 15) is 4.79 Å². The number of carbonyl (C=O) groups excluding carboxylic acids is 1. The van der Waals surface area contributed by atoms with E-state index >= 15 is 0 Å². The number of benzene rings is 2. The van der Waals surface area contributed by atoms with Crippen molar-refractivity contribution in [3.05, 3.63) is 72.1 Å². The molecule has 1 amide bonds. The number of hydrogen-bond donors (Lipinski definition) is 2. The molecule has 3 aromatic rings. The summed E-state index contributed by atoms with van der Waals surface area (Å²) in [5, 5.41) is 5.91. The van der Waals surface area contributed by atoms with E-state index in [2.05, 4.69) is 20.6 Å². The average Bonchev–Trinajstić information content (AvgIpc) is 2.73. The van der Waals surface area contributed by atoms with Crippen LogP contribution in [0.4, 0.5) is 11.6 Å². The van der Waals surface area contributed by atoms with Crippen LogP contribution in [0.3, 0.4) is 0 Å². The van der Waals surface area contributed by atoms with Gasteiger partial charge in [-0.2, -0.15) is 0 Å². The van der Waals surface area contributed by atoms with Gasteiger partial charge in [0.2, 0.25) is 5.95 Å². The number of hydrogen-bond acceptors (Lipinski definition) is 6. The van der Waals surface area contributed by atoms with Crippen LogP contribution < -0.4 is 20.1 Å². The van der Waals surface area contributed by atoms with Gasteiger partial charge in [-0.1, -0.05) is 24.3 Å². The fourth-order valence-electron chi connectivity index (χ4n) is 2.43. The highest BCUT2D eigenvalue weighted by Crippen LogP contribution is 2.27. The third-order valence-corrected chi connectivity index (χ3v) is 3.84. The molecule has 1 heterocycles. The minimum atomic E-state index is -0.257. The smallest absolute Gasteiger partial charge is 0.258 e. The Labute approximate surface area is 157 Å². The first kappa shape index (κ1) is 18.2. The van der Waals surface area contributed by atoms with Crippen LogP contribution in [-0.2, 0) is 6.54 Å². The maximum absolute atomic E-state index is 12.2. The first-order valence-electron chi connectivity index (χ1n) is 8.33. The Bertz CT molecular complexity index is 899. The lowest BCUT2D eigenvalue weighted by Crippen LogP contribution is -2.13. The minimum absolute atomic E-state index is 0.257.